The monoisotopic (exact) mass is 815 g/mol. The van der Waals surface area contributed by atoms with Gasteiger partial charge >= 0.3 is 0 Å². The second-order valence-electron chi connectivity index (χ2n) is 17.4. The van der Waals surface area contributed by atoms with Crippen LogP contribution in [0, 0.1) is 0 Å². The number of hydrogen-bond acceptors (Lipinski definition) is 1. The molecule has 0 N–H and O–H groups in total. The first kappa shape index (κ1) is 37.7. The summed E-state index contributed by atoms with van der Waals surface area (Å²) in [6, 6.07) is 86.9. The Kier molecular flexibility index (Phi) is 9.27. The zero-order chi connectivity index (χ0) is 42.5. The molecule has 10 aromatic rings. The fraction of sp³-hybridized carbons (Fsp3) is 0.0476. The van der Waals surface area contributed by atoms with Gasteiger partial charge in [-0.25, -0.2) is 0 Å². The Hall–Kier alpha value is -8.00. The van der Waals surface area contributed by atoms with E-state index in [0.717, 1.165) is 24.2 Å². The average molecular weight is 816 g/mol. The maximum absolute atomic E-state index is 2.49. The molecule has 64 heavy (non-hydrogen) atoms. The number of fused-ring (bicyclic) bond motifs is 7. The molecule has 0 fully saturated rings. The molecule has 0 atom stereocenters. The normalized spacial score (nSPS) is 13.2. The summed E-state index contributed by atoms with van der Waals surface area (Å²) >= 11 is 0. The van der Waals surface area contributed by atoms with Gasteiger partial charge in [0.1, 0.15) is 0 Å². The quantitative estimate of drug-likeness (QED) is 0.138. The first-order valence-corrected chi connectivity index (χ1v) is 22.4. The van der Waals surface area contributed by atoms with Gasteiger partial charge in [0.05, 0.1) is 0 Å². The van der Waals surface area contributed by atoms with E-state index >= 15 is 0 Å². The fourth-order valence-electron chi connectivity index (χ4n) is 10.5. The molecule has 1 heteroatoms. The Balaban J connectivity index is 0.881. The van der Waals surface area contributed by atoms with Gasteiger partial charge < -0.3 is 4.90 Å². The zero-order valence-corrected chi connectivity index (χ0v) is 35.5. The number of nitrogens with zero attached hydrogens (tertiary/aromatic N) is 1. The van der Waals surface area contributed by atoms with Crippen molar-refractivity contribution in [3.05, 3.63) is 270 Å². The van der Waals surface area contributed by atoms with Gasteiger partial charge in [0.25, 0.3) is 0 Å². The minimum absolute atomic E-state index is 0.145. The first-order valence-electron chi connectivity index (χ1n) is 22.4. The third kappa shape index (κ3) is 6.65. The third-order valence-corrected chi connectivity index (χ3v) is 13.6. The van der Waals surface area contributed by atoms with Gasteiger partial charge in [0, 0.05) is 22.5 Å². The molecule has 12 rings (SSSR count). The summed E-state index contributed by atoms with van der Waals surface area (Å²) in [7, 11) is 0. The van der Waals surface area contributed by atoms with Gasteiger partial charge in [-0.05, 0) is 150 Å². The van der Waals surface area contributed by atoms with E-state index in [1.165, 1.54) is 94.3 Å². The second kappa shape index (κ2) is 15.7. The molecular formula is C63H45N. The molecule has 0 saturated heterocycles. The van der Waals surface area contributed by atoms with Crippen molar-refractivity contribution in [2.24, 2.45) is 0 Å². The Morgan fingerprint density at radius 3 is 1.34 bits per heavy atom. The Labute approximate surface area is 375 Å². The fourth-order valence-corrected chi connectivity index (χ4v) is 10.5. The summed E-state index contributed by atoms with van der Waals surface area (Å²) in [6.07, 6.45) is 6.54. The second-order valence-corrected chi connectivity index (χ2v) is 17.4. The highest BCUT2D eigenvalue weighted by Gasteiger charge is 2.47. The van der Waals surface area contributed by atoms with Crippen LogP contribution in [0.15, 0.2) is 237 Å². The molecule has 0 saturated carbocycles. The van der Waals surface area contributed by atoms with Crippen molar-refractivity contribution in [1.29, 1.82) is 0 Å². The van der Waals surface area contributed by atoms with Crippen molar-refractivity contribution in [3.63, 3.8) is 0 Å². The van der Waals surface area contributed by atoms with Crippen molar-refractivity contribution in [1.82, 2.24) is 0 Å². The molecule has 0 unspecified atom stereocenters. The molecule has 2 aliphatic rings. The van der Waals surface area contributed by atoms with Crippen LogP contribution in [0.3, 0.4) is 0 Å². The summed E-state index contributed by atoms with van der Waals surface area (Å²) in [4.78, 5) is 2.39. The first-order chi connectivity index (χ1) is 31.7. The maximum atomic E-state index is 2.49. The van der Waals surface area contributed by atoms with Gasteiger partial charge in [-0.2, -0.15) is 0 Å². The smallest absolute Gasteiger partial charge is 0.0465 e. The molecule has 10 aromatic carbocycles. The SMILES string of the molecule is C(=C\c1ccc2c(c1)C1(Cc3ccccc3C1)c1cc(N(c3ccccc3)c3ccccc3)ccc1-2)/c1ccc(-c2cc3ccccc3cc2-c2ccc(-c3ccccc3)cc2)cc1. The van der Waals surface area contributed by atoms with Crippen molar-refractivity contribution < 1.29 is 0 Å². The van der Waals surface area contributed by atoms with Crippen LogP contribution >= 0.6 is 0 Å². The molecule has 302 valence electrons. The van der Waals surface area contributed by atoms with Crippen molar-refractivity contribution in [3.8, 4) is 44.5 Å². The van der Waals surface area contributed by atoms with Crippen LogP contribution in [-0.2, 0) is 18.3 Å². The number of hydrogen-bond donors (Lipinski definition) is 0. The molecule has 0 bridgehead atoms. The predicted molar refractivity (Wildman–Crippen MR) is 270 cm³/mol. The molecule has 1 spiro atoms. The van der Waals surface area contributed by atoms with Crippen LogP contribution in [0.2, 0.25) is 0 Å². The molecule has 0 aromatic heterocycles. The van der Waals surface area contributed by atoms with E-state index in [2.05, 4.69) is 254 Å². The topological polar surface area (TPSA) is 3.24 Å². The van der Waals surface area contributed by atoms with Crippen LogP contribution in [-0.4, -0.2) is 0 Å². The van der Waals surface area contributed by atoms with Gasteiger partial charge in [-0.1, -0.05) is 200 Å². The van der Waals surface area contributed by atoms with E-state index < -0.39 is 0 Å². The number of anilines is 3. The molecule has 2 aliphatic carbocycles. The standard InChI is InChI=1S/C63H45N/c1-4-14-46(15-5-1)47-31-33-49(34-32-47)60-40-51-17-11-10-16-50(51)39-59(60)48-29-26-44(27-30-48)24-25-45-28-36-57-58-37-35-56(64(54-20-6-2-7-21-54)55-22-8-3-9-23-55)41-62(58)63(61(57)38-45)42-52-18-12-13-19-53(52)43-63/h1-41H,42-43H2/b25-24+. The molecule has 1 nitrogen and oxygen atoms in total. The molecule has 0 heterocycles. The van der Waals surface area contributed by atoms with Gasteiger partial charge in [-0.15, -0.1) is 0 Å². The lowest BCUT2D eigenvalue weighted by molar-refractivity contribution is 0.563. The average Bonchev–Trinajstić information content (AvgIpc) is 3.89. The number of para-hydroxylation sites is 2. The summed E-state index contributed by atoms with van der Waals surface area (Å²) < 4.78 is 0. The van der Waals surface area contributed by atoms with E-state index in [0.29, 0.717) is 0 Å². The third-order valence-electron chi connectivity index (χ3n) is 13.6. The Bertz CT molecular complexity index is 3280. The highest BCUT2D eigenvalue weighted by molar-refractivity contribution is 5.97. The van der Waals surface area contributed by atoms with Crippen molar-refractivity contribution in [2.45, 2.75) is 18.3 Å². The molecule has 0 aliphatic heterocycles. The summed E-state index contributed by atoms with van der Waals surface area (Å²) in [5.41, 5.74) is 21.5. The lowest BCUT2D eigenvalue weighted by Crippen LogP contribution is -2.26. The van der Waals surface area contributed by atoms with Crippen LogP contribution in [0.25, 0.3) is 67.4 Å². The molecule has 0 amide bonds. The van der Waals surface area contributed by atoms with Crippen LogP contribution in [0.5, 0.6) is 0 Å². The summed E-state index contributed by atoms with van der Waals surface area (Å²) in [5.74, 6) is 0. The summed E-state index contributed by atoms with van der Waals surface area (Å²) in [6.45, 7) is 0. The lowest BCUT2D eigenvalue weighted by atomic mass is 9.75. The summed E-state index contributed by atoms with van der Waals surface area (Å²) in [5, 5.41) is 2.49. The van der Waals surface area contributed by atoms with Crippen LogP contribution in [0.4, 0.5) is 17.1 Å². The minimum Gasteiger partial charge on any atom is -0.310 e. The van der Waals surface area contributed by atoms with Gasteiger partial charge in [0.15, 0.2) is 0 Å². The lowest BCUT2D eigenvalue weighted by Gasteiger charge is -2.30. The largest absolute Gasteiger partial charge is 0.310 e. The number of benzene rings is 10. The van der Waals surface area contributed by atoms with Crippen molar-refractivity contribution >= 4 is 40.0 Å². The van der Waals surface area contributed by atoms with Gasteiger partial charge in [0.2, 0.25) is 0 Å². The van der Waals surface area contributed by atoms with Gasteiger partial charge in [-0.3, -0.25) is 0 Å². The minimum atomic E-state index is -0.145. The van der Waals surface area contributed by atoms with E-state index in [1.54, 1.807) is 0 Å². The van der Waals surface area contributed by atoms with Crippen LogP contribution in [0.1, 0.15) is 33.4 Å². The number of rotatable bonds is 8. The van der Waals surface area contributed by atoms with E-state index in [-0.39, 0.29) is 5.41 Å². The Morgan fingerprint density at radius 2 is 0.750 bits per heavy atom. The molecule has 0 radical (unpaired) electrons. The Morgan fingerprint density at radius 1 is 0.312 bits per heavy atom. The van der Waals surface area contributed by atoms with Crippen LogP contribution < -0.4 is 4.90 Å². The highest BCUT2D eigenvalue weighted by Crippen LogP contribution is 2.57. The van der Waals surface area contributed by atoms with Crippen molar-refractivity contribution in [2.75, 3.05) is 4.90 Å². The van der Waals surface area contributed by atoms with E-state index in [4.69, 9.17) is 0 Å². The highest BCUT2D eigenvalue weighted by atomic mass is 15.1. The maximum Gasteiger partial charge on any atom is 0.0465 e. The van der Waals surface area contributed by atoms with E-state index in [1.807, 2.05) is 0 Å². The predicted octanol–water partition coefficient (Wildman–Crippen LogP) is 16.5. The molecular weight excluding hydrogens is 771 g/mol. The zero-order valence-electron chi connectivity index (χ0n) is 35.5. The van der Waals surface area contributed by atoms with E-state index in [9.17, 15) is 0 Å².